The second-order valence-electron chi connectivity index (χ2n) is 4.43. The van der Waals surface area contributed by atoms with Crippen molar-refractivity contribution >= 4 is 15.9 Å². The predicted octanol–water partition coefficient (Wildman–Crippen LogP) is 4.29. The molecule has 18 heavy (non-hydrogen) atoms. The molecule has 94 valence electrons. The third-order valence-electron chi connectivity index (χ3n) is 2.94. The Labute approximate surface area is 114 Å². The number of hydrogen-bond acceptors (Lipinski definition) is 1. The predicted molar refractivity (Wildman–Crippen MR) is 74.1 cm³/mol. The molecule has 0 saturated heterocycles. The Balaban J connectivity index is 2.43. The first-order chi connectivity index (χ1) is 8.49. The lowest BCUT2D eigenvalue weighted by molar-refractivity contribution is 0.219. The molecular formula is C15H14BrFO. The van der Waals surface area contributed by atoms with Crippen LogP contribution in [-0.2, 0) is 0 Å². The van der Waals surface area contributed by atoms with E-state index in [-0.39, 0.29) is 5.82 Å². The largest absolute Gasteiger partial charge is 0.384 e. The summed E-state index contributed by atoms with van der Waals surface area (Å²) in [6.45, 7) is 3.94. The van der Waals surface area contributed by atoms with Gasteiger partial charge in [0, 0.05) is 4.47 Å². The van der Waals surface area contributed by atoms with Gasteiger partial charge >= 0.3 is 0 Å². The second kappa shape index (κ2) is 5.21. The van der Waals surface area contributed by atoms with Crippen LogP contribution in [0.15, 0.2) is 40.9 Å². The van der Waals surface area contributed by atoms with Gasteiger partial charge in [0.25, 0.3) is 0 Å². The summed E-state index contributed by atoms with van der Waals surface area (Å²) in [5, 5.41) is 10.3. The van der Waals surface area contributed by atoms with Gasteiger partial charge in [0.15, 0.2) is 0 Å². The molecule has 0 fully saturated rings. The normalized spacial score (nSPS) is 12.5. The summed E-state index contributed by atoms with van der Waals surface area (Å²) < 4.78 is 14.2. The fraction of sp³-hybridized carbons (Fsp3) is 0.200. The minimum atomic E-state index is -0.800. The molecule has 2 aromatic carbocycles. The standard InChI is InChI=1S/C15H14BrFO/c1-9-6-12(7-10(2)14(9)16)15(18)11-4-3-5-13(17)8-11/h3-8,15,18H,1-2H3. The van der Waals surface area contributed by atoms with Gasteiger partial charge in [0.1, 0.15) is 11.9 Å². The van der Waals surface area contributed by atoms with Crippen LogP contribution in [0, 0.1) is 19.7 Å². The van der Waals surface area contributed by atoms with E-state index in [0.29, 0.717) is 5.56 Å². The van der Waals surface area contributed by atoms with Crippen molar-refractivity contribution in [3.05, 3.63) is 68.9 Å². The number of rotatable bonds is 2. The summed E-state index contributed by atoms with van der Waals surface area (Å²) >= 11 is 3.49. The Morgan fingerprint density at radius 1 is 1.06 bits per heavy atom. The first kappa shape index (κ1) is 13.2. The molecule has 0 spiro atoms. The molecule has 0 amide bonds. The smallest absolute Gasteiger partial charge is 0.123 e. The van der Waals surface area contributed by atoms with Crippen LogP contribution < -0.4 is 0 Å². The van der Waals surface area contributed by atoms with Crippen LogP contribution >= 0.6 is 15.9 Å². The monoisotopic (exact) mass is 308 g/mol. The van der Waals surface area contributed by atoms with Crippen LogP contribution in [0.3, 0.4) is 0 Å². The fourth-order valence-electron chi connectivity index (χ4n) is 2.01. The van der Waals surface area contributed by atoms with Gasteiger partial charge < -0.3 is 5.11 Å². The number of aliphatic hydroxyl groups excluding tert-OH is 1. The van der Waals surface area contributed by atoms with E-state index < -0.39 is 6.10 Å². The van der Waals surface area contributed by atoms with E-state index in [1.807, 2.05) is 26.0 Å². The molecule has 0 aliphatic rings. The van der Waals surface area contributed by atoms with E-state index in [9.17, 15) is 9.50 Å². The third kappa shape index (κ3) is 2.62. The minimum absolute atomic E-state index is 0.336. The summed E-state index contributed by atoms with van der Waals surface area (Å²) in [6, 6.07) is 9.87. The van der Waals surface area contributed by atoms with Gasteiger partial charge in [0.2, 0.25) is 0 Å². The van der Waals surface area contributed by atoms with Crippen molar-refractivity contribution in [1.29, 1.82) is 0 Å². The van der Waals surface area contributed by atoms with Gasteiger partial charge in [0.05, 0.1) is 0 Å². The second-order valence-corrected chi connectivity index (χ2v) is 5.22. The van der Waals surface area contributed by atoms with E-state index >= 15 is 0 Å². The highest BCUT2D eigenvalue weighted by Gasteiger charge is 2.13. The van der Waals surface area contributed by atoms with E-state index in [1.165, 1.54) is 12.1 Å². The maximum absolute atomic E-state index is 13.1. The van der Waals surface area contributed by atoms with Crippen molar-refractivity contribution in [2.75, 3.05) is 0 Å². The topological polar surface area (TPSA) is 20.2 Å². The van der Waals surface area contributed by atoms with Gasteiger partial charge in [-0.1, -0.05) is 40.2 Å². The Morgan fingerprint density at radius 3 is 2.22 bits per heavy atom. The third-order valence-corrected chi connectivity index (χ3v) is 4.19. The highest BCUT2D eigenvalue weighted by molar-refractivity contribution is 9.10. The van der Waals surface area contributed by atoms with Gasteiger partial charge in [-0.2, -0.15) is 0 Å². The zero-order chi connectivity index (χ0) is 13.3. The maximum Gasteiger partial charge on any atom is 0.123 e. The molecule has 0 radical (unpaired) electrons. The lowest BCUT2D eigenvalue weighted by Crippen LogP contribution is -2.01. The molecule has 2 rings (SSSR count). The quantitative estimate of drug-likeness (QED) is 0.877. The van der Waals surface area contributed by atoms with Gasteiger partial charge in [-0.15, -0.1) is 0 Å². The molecule has 0 bridgehead atoms. The van der Waals surface area contributed by atoms with Crippen LogP contribution in [0.1, 0.15) is 28.4 Å². The summed E-state index contributed by atoms with van der Waals surface area (Å²) in [4.78, 5) is 0. The van der Waals surface area contributed by atoms with Crippen molar-refractivity contribution in [2.24, 2.45) is 0 Å². The molecule has 1 nitrogen and oxygen atoms in total. The average molecular weight is 309 g/mol. The van der Waals surface area contributed by atoms with Crippen molar-refractivity contribution < 1.29 is 9.50 Å². The summed E-state index contributed by atoms with van der Waals surface area (Å²) in [5.41, 5.74) is 3.45. The molecule has 1 unspecified atom stereocenters. The highest BCUT2D eigenvalue weighted by Crippen LogP contribution is 2.28. The molecule has 3 heteroatoms. The summed E-state index contributed by atoms with van der Waals surface area (Å²) in [7, 11) is 0. The average Bonchev–Trinajstić information content (AvgIpc) is 2.34. The van der Waals surface area contributed by atoms with Gasteiger partial charge in [-0.25, -0.2) is 4.39 Å². The molecule has 2 aromatic rings. The molecule has 1 atom stereocenters. The number of benzene rings is 2. The first-order valence-corrected chi connectivity index (χ1v) is 6.48. The lowest BCUT2D eigenvalue weighted by atomic mass is 9.98. The molecule has 0 saturated carbocycles. The Bertz CT molecular complexity index is 557. The zero-order valence-electron chi connectivity index (χ0n) is 10.2. The summed E-state index contributed by atoms with van der Waals surface area (Å²) in [5.74, 6) is -0.336. The van der Waals surface area contributed by atoms with Crippen molar-refractivity contribution in [3.8, 4) is 0 Å². The van der Waals surface area contributed by atoms with Crippen LogP contribution in [-0.4, -0.2) is 5.11 Å². The molecule has 0 aliphatic carbocycles. The van der Waals surface area contributed by atoms with Gasteiger partial charge in [-0.3, -0.25) is 0 Å². The first-order valence-electron chi connectivity index (χ1n) is 5.69. The Hall–Kier alpha value is -1.19. The lowest BCUT2D eigenvalue weighted by Gasteiger charge is -2.14. The number of halogens is 2. The van der Waals surface area contributed by atoms with Crippen molar-refractivity contribution in [3.63, 3.8) is 0 Å². The van der Waals surface area contributed by atoms with E-state index in [4.69, 9.17) is 0 Å². The van der Waals surface area contributed by atoms with Crippen LogP contribution in [0.25, 0.3) is 0 Å². The number of aliphatic hydroxyl groups is 1. The van der Waals surface area contributed by atoms with Crippen molar-refractivity contribution in [1.82, 2.24) is 0 Å². The zero-order valence-corrected chi connectivity index (χ0v) is 11.8. The maximum atomic E-state index is 13.1. The van der Waals surface area contributed by atoms with Crippen LogP contribution in [0.2, 0.25) is 0 Å². The van der Waals surface area contributed by atoms with Gasteiger partial charge in [-0.05, 0) is 48.2 Å². The minimum Gasteiger partial charge on any atom is -0.384 e. The molecule has 0 aromatic heterocycles. The number of aryl methyl sites for hydroxylation is 2. The van der Waals surface area contributed by atoms with E-state index in [0.717, 1.165) is 21.2 Å². The number of hydrogen-bond donors (Lipinski definition) is 1. The van der Waals surface area contributed by atoms with Crippen molar-refractivity contribution in [2.45, 2.75) is 20.0 Å². The molecule has 0 heterocycles. The Kier molecular flexibility index (Phi) is 3.83. The SMILES string of the molecule is Cc1cc(C(O)c2cccc(F)c2)cc(C)c1Br. The van der Waals surface area contributed by atoms with E-state index in [1.54, 1.807) is 12.1 Å². The fourth-order valence-corrected chi connectivity index (χ4v) is 2.24. The summed E-state index contributed by atoms with van der Waals surface area (Å²) in [6.07, 6.45) is -0.800. The molecule has 1 N–H and O–H groups in total. The highest BCUT2D eigenvalue weighted by atomic mass is 79.9. The molecule has 0 aliphatic heterocycles. The van der Waals surface area contributed by atoms with Crippen LogP contribution in [0.4, 0.5) is 4.39 Å². The Morgan fingerprint density at radius 2 is 1.67 bits per heavy atom. The molecular weight excluding hydrogens is 295 g/mol. The van der Waals surface area contributed by atoms with E-state index in [2.05, 4.69) is 15.9 Å². The van der Waals surface area contributed by atoms with Crippen LogP contribution in [0.5, 0.6) is 0 Å².